The maximum Gasteiger partial charge on any atom is 0.179 e. The summed E-state index contributed by atoms with van der Waals surface area (Å²) in [5.41, 5.74) is 3.67. The van der Waals surface area contributed by atoms with E-state index in [9.17, 15) is 4.79 Å². The van der Waals surface area contributed by atoms with Gasteiger partial charge in [-0.2, -0.15) is 0 Å². The lowest BCUT2D eigenvalue weighted by Crippen LogP contribution is -2.38. The first kappa shape index (κ1) is 13.3. The van der Waals surface area contributed by atoms with E-state index in [1.54, 1.807) is 0 Å². The van der Waals surface area contributed by atoms with Crippen molar-refractivity contribution >= 4 is 5.78 Å². The number of carbonyl (C=O) groups is 1. The third-order valence-corrected chi connectivity index (χ3v) is 3.61. The molecule has 18 heavy (non-hydrogen) atoms. The molecule has 0 heterocycles. The SMILES string of the molecule is CC(C)NC(C)C(=O)c1ccc2c(c1)CCCC2. The lowest BCUT2D eigenvalue weighted by Gasteiger charge is -2.19. The van der Waals surface area contributed by atoms with Crippen molar-refractivity contribution < 1.29 is 4.79 Å². The Labute approximate surface area is 110 Å². The van der Waals surface area contributed by atoms with Crippen LogP contribution in [0, 0.1) is 0 Å². The van der Waals surface area contributed by atoms with E-state index in [0.29, 0.717) is 6.04 Å². The minimum atomic E-state index is -0.105. The summed E-state index contributed by atoms with van der Waals surface area (Å²) in [6, 6.07) is 6.47. The van der Waals surface area contributed by atoms with Crippen LogP contribution in [0.3, 0.4) is 0 Å². The molecule has 1 unspecified atom stereocenters. The molecule has 2 heteroatoms. The Morgan fingerprint density at radius 1 is 1.11 bits per heavy atom. The topological polar surface area (TPSA) is 29.1 Å². The molecule has 1 aliphatic rings. The molecule has 1 atom stereocenters. The van der Waals surface area contributed by atoms with Crippen LogP contribution in [-0.2, 0) is 12.8 Å². The quantitative estimate of drug-likeness (QED) is 0.826. The number of hydrogen-bond donors (Lipinski definition) is 1. The number of Topliss-reactive ketones (excluding diaryl/α,β-unsaturated/α-hetero) is 1. The number of fused-ring (bicyclic) bond motifs is 1. The number of carbonyl (C=O) groups excluding carboxylic acids is 1. The van der Waals surface area contributed by atoms with Crippen molar-refractivity contribution in [3.8, 4) is 0 Å². The summed E-state index contributed by atoms with van der Waals surface area (Å²) >= 11 is 0. The van der Waals surface area contributed by atoms with E-state index in [1.807, 2.05) is 13.0 Å². The molecule has 0 fully saturated rings. The molecule has 0 radical (unpaired) electrons. The molecule has 0 bridgehead atoms. The monoisotopic (exact) mass is 245 g/mol. The average molecular weight is 245 g/mol. The Balaban J connectivity index is 2.15. The van der Waals surface area contributed by atoms with Crippen LogP contribution in [0.25, 0.3) is 0 Å². The van der Waals surface area contributed by atoms with Crippen molar-refractivity contribution in [1.82, 2.24) is 5.32 Å². The van der Waals surface area contributed by atoms with Crippen LogP contribution in [0.4, 0.5) is 0 Å². The first-order valence-corrected chi connectivity index (χ1v) is 7.00. The van der Waals surface area contributed by atoms with Gasteiger partial charge in [-0.1, -0.05) is 26.0 Å². The van der Waals surface area contributed by atoms with E-state index >= 15 is 0 Å². The highest BCUT2D eigenvalue weighted by Crippen LogP contribution is 2.22. The minimum Gasteiger partial charge on any atom is -0.305 e. The van der Waals surface area contributed by atoms with Crippen LogP contribution in [0.2, 0.25) is 0 Å². The molecule has 0 amide bonds. The zero-order valence-electron chi connectivity index (χ0n) is 11.6. The molecule has 1 aliphatic carbocycles. The molecule has 0 spiro atoms. The second kappa shape index (κ2) is 5.66. The predicted molar refractivity (Wildman–Crippen MR) is 75.1 cm³/mol. The lowest BCUT2D eigenvalue weighted by molar-refractivity contribution is 0.0946. The molecule has 1 aromatic carbocycles. The fraction of sp³-hybridized carbons (Fsp3) is 0.562. The van der Waals surface area contributed by atoms with E-state index in [1.165, 1.54) is 30.4 Å². The van der Waals surface area contributed by atoms with Crippen LogP contribution < -0.4 is 5.32 Å². The summed E-state index contributed by atoms with van der Waals surface area (Å²) in [5.74, 6) is 0.206. The maximum absolute atomic E-state index is 12.3. The van der Waals surface area contributed by atoms with Crippen molar-refractivity contribution in [2.24, 2.45) is 0 Å². The molecule has 1 aromatic rings. The van der Waals surface area contributed by atoms with Gasteiger partial charge < -0.3 is 5.32 Å². The van der Waals surface area contributed by atoms with Crippen molar-refractivity contribution in [1.29, 1.82) is 0 Å². The highest BCUT2D eigenvalue weighted by Gasteiger charge is 2.18. The van der Waals surface area contributed by atoms with E-state index in [0.717, 1.165) is 12.0 Å². The lowest BCUT2D eigenvalue weighted by atomic mass is 9.89. The highest BCUT2D eigenvalue weighted by atomic mass is 16.1. The van der Waals surface area contributed by atoms with E-state index < -0.39 is 0 Å². The number of benzene rings is 1. The van der Waals surface area contributed by atoms with Crippen LogP contribution in [0.5, 0.6) is 0 Å². The molecule has 2 nitrogen and oxygen atoms in total. The van der Waals surface area contributed by atoms with E-state index in [-0.39, 0.29) is 11.8 Å². The van der Waals surface area contributed by atoms with Crippen molar-refractivity contribution in [3.05, 3.63) is 34.9 Å². The zero-order valence-corrected chi connectivity index (χ0v) is 11.6. The van der Waals surface area contributed by atoms with Gasteiger partial charge in [0.05, 0.1) is 6.04 Å². The maximum atomic E-state index is 12.3. The van der Waals surface area contributed by atoms with Gasteiger partial charge in [-0.15, -0.1) is 0 Å². The van der Waals surface area contributed by atoms with Gasteiger partial charge in [-0.3, -0.25) is 4.79 Å². The Kier molecular flexibility index (Phi) is 4.18. The molecule has 0 saturated carbocycles. The molecule has 98 valence electrons. The number of nitrogens with one attached hydrogen (secondary N) is 1. The number of rotatable bonds is 4. The summed E-state index contributed by atoms with van der Waals surface area (Å²) in [6.07, 6.45) is 4.84. The fourth-order valence-corrected chi connectivity index (χ4v) is 2.71. The van der Waals surface area contributed by atoms with Crippen LogP contribution in [-0.4, -0.2) is 17.9 Å². The Bertz CT molecular complexity index is 437. The Morgan fingerprint density at radius 3 is 2.44 bits per heavy atom. The summed E-state index contributed by atoms with van der Waals surface area (Å²) in [4.78, 5) is 12.3. The normalized spacial score (nSPS) is 16.4. The number of ketones is 1. The van der Waals surface area contributed by atoms with Gasteiger partial charge in [0.2, 0.25) is 0 Å². The van der Waals surface area contributed by atoms with E-state index in [2.05, 4.69) is 31.3 Å². The van der Waals surface area contributed by atoms with Gasteiger partial charge in [-0.05, 0) is 49.8 Å². The minimum absolute atomic E-state index is 0.105. The molecular weight excluding hydrogens is 222 g/mol. The van der Waals surface area contributed by atoms with Gasteiger partial charge in [0.25, 0.3) is 0 Å². The summed E-state index contributed by atoms with van der Waals surface area (Å²) in [5, 5.41) is 3.27. The second-order valence-electron chi connectivity index (χ2n) is 5.60. The van der Waals surface area contributed by atoms with Crippen molar-refractivity contribution in [2.45, 2.75) is 58.5 Å². The smallest absolute Gasteiger partial charge is 0.179 e. The summed E-state index contributed by atoms with van der Waals surface area (Å²) < 4.78 is 0. The van der Waals surface area contributed by atoms with Gasteiger partial charge in [0, 0.05) is 11.6 Å². The fourth-order valence-electron chi connectivity index (χ4n) is 2.71. The van der Waals surface area contributed by atoms with Gasteiger partial charge in [-0.25, -0.2) is 0 Å². The standard InChI is InChI=1S/C16H23NO/c1-11(2)17-12(3)16(18)15-9-8-13-6-4-5-7-14(13)10-15/h8-12,17H,4-7H2,1-3H3. The second-order valence-corrected chi connectivity index (χ2v) is 5.60. The average Bonchev–Trinajstić information content (AvgIpc) is 2.36. The summed E-state index contributed by atoms with van der Waals surface area (Å²) in [6.45, 7) is 6.08. The first-order chi connectivity index (χ1) is 8.58. The Hall–Kier alpha value is -1.15. The van der Waals surface area contributed by atoms with Gasteiger partial charge in [0.15, 0.2) is 5.78 Å². The van der Waals surface area contributed by atoms with Crippen LogP contribution in [0.15, 0.2) is 18.2 Å². The number of aryl methyl sites for hydroxylation is 2. The largest absolute Gasteiger partial charge is 0.305 e. The van der Waals surface area contributed by atoms with Crippen LogP contribution >= 0.6 is 0 Å². The zero-order chi connectivity index (χ0) is 13.1. The first-order valence-electron chi connectivity index (χ1n) is 7.00. The van der Waals surface area contributed by atoms with Gasteiger partial charge >= 0.3 is 0 Å². The number of hydrogen-bond acceptors (Lipinski definition) is 2. The molecule has 0 saturated heterocycles. The van der Waals surface area contributed by atoms with Crippen LogP contribution in [0.1, 0.15) is 55.1 Å². The third-order valence-electron chi connectivity index (χ3n) is 3.61. The molecular formula is C16H23NO. The predicted octanol–water partition coefficient (Wildman–Crippen LogP) is 3.13. The third kappa shape index (κ3) is 2.99. The van der Waals surface area contributed by atoms with Crippen molar-refractivity contribution in [3.63, 3.8) is 0 Å². The van der Waals surface area contributed by atoms with Crippen molar-refractivity contribution in [2.75, 3.05) is 0 Å². The molecule has 0 aromatic heterocycles. The van der Waals surface area contributed by atoms with E-state index in [4.69, 9.17) is 0 Å². The highest BCUT2D eigenvalue weighted by molar-refractivity contribution is 6.00. The molecule has 1 N–H and O–H groups in total. The van der Waals surface area contributed by atoms with Gasteiger partial charge in [0.1, 0.15) is 0 Å². The Morgan fingerprint density at radius 2 is 1.78 bits per heavy atom. The molecule has 2 rings (SSSR count). The molecule has 0 aliphatic heterocycles. The summed E-state index contributed by atoms with van der Waals surface area (Å²) in [7, 11) is 0.